The summed E-state index contributed by atoms with van der Waals surface area (Å²) < 4.78 is 14.3. The maximum atomic E-state index is 14.3. The molecule has 1 aromatic carbocycles. The molecule has 0 radical (unpaired) electrons. The second-order valence-corrected chi connectivity index (χ2v) is 8.85. The van der Waals surface area contributed by atoms with Crippen molar-refractivity contribution in [3.8, 4) is 0 Å². The molecule has 0 unspecified atom stereocenters. The second-order valence-electron chi connectivity index (χ2n) is 7.33. The van der Waals surface area contributed by atoms with Gasteiger partial charge in [-0.3, -0.25) is 4.79 Å². The maximum absolute atomic E-state index is 14.3. The average Bonchev–Trinajstić information content (AvgIpc) is 3.08. The van der Waals surface area contributed by atoms with E-state index in [1.165, 1.54) is 12.4 Å². The molecule has 0 bridgehead atoms. The quantitative estimate of drug-likeness (QED) is 0.595. The highest BCUT2D eigenvalue weighted by Crippen LogP contribution is 2.38. The number of amides is 1. The summed E-state index contributed by atoms with van der Waals surface area (Å²) in [6.07, 6.45) is 5.67. The highest BCUT2D eigenvalue weighted by molar-refractivity contribution is 7.19. The van der Waals surface area contributed by atoms with Crippen molar-refractivity contribution in [2.45, 2.75) is 13.0 Å². The number of carbonyl (C=O) groups is 1. The van der Waals surface area contributed by atoms with Gasteiger partial charge in [-0.05, 0) is 44.3 Å². The van der Waals surface area contributed by atoms with Crippen LogP contribution in [0, 0.1) is 5.82 Å². The Morgan fingerprint density at radius 3 is 3.00 bits per heavy atom. The molecule has 156 valence electrons. The van der Waals surface area contributed by atoms with Crippen LogP contribution in [0.3, 0.4) is 0 Å². The number of nitrogens with zero attached hydrogens (tertiary/aromatic N) is 4. The first kappa shape index (κ1) is 20.7. The lowest BCUT2D eigenvalue weighted by molar-refractivity contribution is -0.126. The van der Waals surface area contributed by atoms with Gasteiger partial charge in [0.05, 0.1) is 17.6 Å². The first-order valence-electron chi connectivity index (χ1n) is 9.50. The molecule has 9 heteroatoms. The number of halogens is 2. The molecule has 0 saturated heterocycles. The monoisotopic (exact) mass is 445 g/mol. The van der Waals surface area contributed by atoms with Crippen LogP contribution in [0.2, 0.25) is 5.02 Å². The van der Waals surface area contributed by atoms with Gasteiger partial charge in [0, 0.05) is 29.1 Å². The molecule has 0 saturated carbocycles. The Morgan fingerprint density at radius 2 is 2.23 bits per heavy atom. The van der Waals surface area contributed by atoms with Crippen molar-refractivity contribution in [1.29, 1.82) is 0 Å². The number of likely N-dealkylation sites (N-methyl/N-ethyl adjacent to an activating group) is 1. The van der Waals surface area contributed by atoms with Gasteiger partial charge in [-0.25, -0.2) is 14.4 Å². The number of nitrogens with one attached hydrogen (secondary N) is 1. The molecule has 3 heterocycles. The summed E-state index contributed by atoms with van der Waals surface area (Å²) in [5.74, 6) is 0.122. The Hall–Kier alpha value is -2.55. The minimum atomic E-state index is -0.445. The van der Waals surface area contributed by atoms with Crippen molar-refractivity contribution in [1.82, 2.24) is 19.8 Å². The third kappa shape index (κ3) is 4.30. The number of benzene rings is 1. The fraction of sp³-hybridized carbons (Fsp3) is 0.286. The number of thiophene rings is 1. The third-order valence-corrected chi connectivity index (χ3v) is 6.22. The number of hydrogen-bond acceptors (Lipinski definition) is 6. The van der Waals surface area contributed by atoms with Gasteiger partial charge in [0.2, 0.25) is 5.91 Å². The summed E-state index contributed by atoms with van der Waals surface area (Å²) in [7, 11) is 3.92. The van der Waals surface area contributed by atoms with Gasteiger partial charge < -0.3 is 15.1 Å². The topological polar surface area (TPSA) is 61.4 Å². The highest BCUT2D eigenvalue weighted by atomic mass is 35.5. The molecule has 1 aliphatic heterocycles. The average molecular weight is 446 g/mol. The van der Waals surface area contributed by atoms with E-state index < -0.39 is 5.82 Å². The molecule has 0 spiro atoms. The van der Waals surface area contributed by atoms with E-state index in [1.54, 1.807) is 29.5 Å². The molecule has 30 heavy (non-hydrogen) atoms. The number of rotatable bonds is 5. The lowest BCUT2D eigenvalue weighted by Gasteiger charge is -2.26. The number of aromatic nitrogens is 2. The van der Waals surface area contributed by atoms with Gasteiger partial charge in [0.15, 0.2) is 0 Å². The van der Waals surface area contributed by atoms with E-state index in [1.807, 2.05) is 30.0 Å². The number of fused-ring (bicyclic) bond motifs is 3. The first-order chi connectivity index (χ1) is 14.4. The molecule has 4 rings (SSSR count). The standard InChI is InChI=1S/C21H21ClFN5OS/c1-27(2)8-3-4-18(29)28-9-7-14-17(11-28)30-21-19(14)20(24-12-25-21)26-16-6-5-13(22)10-15(16)23/h3-6,10,12H,7-9,11H2,1-2H3,(H,24,25,26). The van der Waals surface area contributed by atoms with E-state index in [0.717, 1.165) is 27.2 Å². The molecule has 3 aromatic rings. The van der Waals surface area contributed by atoms with Gasteiger partial charge in [0.25, 0.3) is 0 Å². The lowest BCUT2D eigenvalue weighted by Crippen LogP contribution is -2.34. The van der Waals surface area contributed by atoms with Crippen molar-refractivity contribution >= 4 is 50.6 Å². The van der Waals surface area contributed by atoms with E-state index in [-0.39, 0.29) is 5.91 Å². The van der Waals surface area contributed by atoms with E-state index >= 15 is 0 Å². The van der Waals surface area contributed by atoms with Crippen LogP contribution in [0.4, 0.5) is 15.9 Å². The minimum absolute atomic E-state index is 0.00706. The molecule has 2 aromatic heterocycles. The molecular formula is C21H21ClFN5OS. The summed E-state index contributed by atoms with van der Waals surface area (Å²) >= 11 is 7.40. The largest absolute Gasteiger partial charge is 0.337 e. The predicted molar refractivity (Wildman–Crippen MR) is 119 cm³/mol. The Balaban J connectivity index is 1.60. The summed E-state index contributed by atoms with van der Waals surface area (Å²) in [4.78, 5) is 27.0. The van der Waals surface area contributed by atoms with E-state index in [0.29, 0.717) is 36.0 Å². The van der Waals surface area contributed by atoms with Crippen LogP contribution in [0.1, 0.15) is 10.4 Å². The Bertz CT molecular complexity index is 1130. The summed E-state index contributed by atoms with van der Waals surface area (Å²) in [5.41, 5.74) is 1.42. The molecule has 1 N–H and O–H groups in total. The van der Waals surface area contributed by atoms with Gasteiger partial charge >= 0.3 is 0 Å². The highest BCUT2D eigenvalue weighted by Gasteiger charge is 2.25. The van der Waals surface area contributed by atoms with Crippen molar-refractivity contribution in [3.05, 3.63) is 58.0 Å². The van der Waals surface area contributed by atoms with Gasteiger partial charge in [-0.1, -0.05) is 17.7 Å². The zero-order valence-corrected chi connectivity index (χ0v) is 18.2. The molecule has 6 nitrogen and oxygen atoms in total. The molecular weight excluding hydrogens is 425 g/mol. The van der Waals surface area contributed by atoms with Gasteiger partial charge in [0.1, 0.15) is 22.8 Å². The fourth-order valence-corrected chi connectivity index (χ4v) is 4.76. The minimum Gasteiger partial charge on any atom is -0.337 e. The van der Waals surface area contributed by atoms with Crippen LogP contribution in [0.25, 0.3) is 10.2 Å². The third-order valence-electron chi connectivity index (χ3n) is 4.86. The maximum Gasteiger partial charge on any atom is 0.246 e. The van der Waals surface area contributed by atoms with Gasteiger partial charge in [-0.2, -0.15) is 0 Å². The lowest BCUT2D eigenvalue weighted by atomic mass is 10.0. The van der Waals surface area contributed by atoms with E-state index in [4.69, 9.17) is 11.6 Å². The summed E-state index contributed by atoms with van der Waals surface area (Å²) in [6.45, 7) is 1.88. The summed E-state index contributed by atoms with van der Waals surface area (Å²) in [6, 6.07) is 4.48. The Kier molecular flexibility index (Phi) is 5.99. The van der Waals surface area contributed by atoms with Crippen molar-refractivity contribution in [2.24, 2.45) is 0 Å². The van der Waals surface area contributed by atoms with E-state index in [2.05, 4.69) is 15.3 Å². The molecule has 1 aliphatic rings. The SMILES string of the molecule is CN(C)CC=CC(=O)N1CCc2c(sc3ncnc(Nc4ccc(Cl)cc4F)c23)C1. The van der Waals surface area contributed by atoms with Crippen LogP contribution >= 0.6 is 22.9 Å². The second kappa shape index (κ2) is 8.67. The van der Waals surface area contributed by atoms with Crippen LogP contribution in [0.15, 0.2) is 36.7 Å². The summed E-state index contributed by atoms with van der Waals surface area (Å²) in [5, 5.41) is 4.30. The molecule has 1 amide bonds. The number of hydrogen-bond donors (Lipinski definition) is 1. The Labute approximate surface area is 183 Å². The molecule has 0 aliphatic carbocycles. The van der Waals surface area contributed by atoms with Crippen molar-refractivity contribution < 1.29 is 9.18 Å². The molecule has 0 atom stereocenters. The van der Waals surface area contributed by atoms with Crippen LogP contribution in [-0.2, 0) is 17.8 Å². The normalized spacial score (nSPS) is 14.0. The van der Waals surface area contributed by atoms with Gasteiger partial charge in [-0.15, -0.1) is 11.3 Å². The van der Waals surface area contributed by atoms with Crippen molar-refractivity contribution in [2.75, 3.05) is 32.5 Å². The van der Waals surface area contributed by atoms with Crippen LogP contribution < -0.4 is 5.32 Å². The predicted octanol–water partition coefficient (Wildman–Crippen LogP) is 4.23. The zero-order valence-electron chi connectivity index (χ0n) is 16.7. The first-order valence-corrected chi connectivity index (χ1v) is 10.7. The van der Waals surface area contributed by atoms with Crippen LogP contribution in [-0.4, -0.2) is 52.9 Å². The van der Waals surface area contributed by atoms with Crippen molar-refractivity contribution in [3.63, 3.8) is 0 Å². The number of anilines is 2. The van der Waals surface area contributed by atoms with E-state index in [9.17, 15) is 9.18 Å². The smallest absolute Gasteiger partial charge is 0.246 e. The fourth-order valence-electron chi connectivity index (χ4n) is 3.40. The van der Waals surface area contributed by atoms with Crippen LogP contribution in [0.5, 0.6) is 0 Å². The Morgan fingerprint density at radius 1 is 1.40 bits per heavy atom. The molecule has 0 fully saturated rings. The zero-order chi connectivity index (χ0) is 21.3. The number of carbonyl (C=O) groups excluding carboxylic acids is 1.